The molecule has 2 rings (SSSR count). The number of rotatable bonds is 5. The van der Waals surface area contributed by atoms with Gasteiger partial charge in [-0.3, -0.25) is 0 Å². The minimum absolute atomic E-state index is 0.0574. The molecule has 1 N–H and O–H groups in total. The van der Waals surface area contributed by atoms with Gasteiger partial charge in [-0.25, -0.2) is 18.1 Å². The molecule has 0 spiro atoms. The van der Waals surface area contributed by atoms with Gasteiger partial charge >= 0.3 is 0 Å². The monoisotopic (exact) mass is 308 g/mol. The van der Waals surface area contributed by atoms with E-state index in [-0.39, 0.29) is 16.6 Å². The summed E-state index contributed by atoms with van der Waals surface area (Å²) in [5.74, 6) is 0. The summed E-state index contributed by atoms with van der Waals surface area (Å²) in [5, 5.41) is 8.96. The zero-order valence-electron chi connectivity index (χ0n) is 12.1. The fourth-order valence-corrected chi connectivity index (χ4v) is 3.93. The summed E-state index contributed by atoms with van der Waals surface area (Å²) in [6.45, 7) is 4.56. The molecule has 114 valence electrons. The van der Waals surface area contributed by atoms with E-state index < -0.39 is 10.0 Å². The molecular weight excluding hydrogens is 288 g/mol. The van der Waals surface area contributed by atoms with E-state index in [4.69, 9.17) is 5.26 Å². The average Bonchev–Trinajstić information content (AvgIpc) is 2.47. The van der Waals surface area contributed by atoms with Gasteiger partial charge in [0.2, 0.25) is 10.0 Å². The molecule has 1 saturated heterocycles. The van der Waals surface area contributed by atoms with Gasteiger partial charge in [-0.2, -0.15) is 5.26 Å². The van der Waals surface area contributed by atoms with E-state index >= 15 is 0 Å². The second-order valence-electron chi connectivity index (χ2n) is 5.35. The molecule has 0 amide bonds. The molecule has 1 aliphatic heterocycles. The fraction of sp³-hybridized carbons (Fsp3) is 0.571. The highest BCUT2D eigenvalue weighted by molar-refractivity contribution is 7.89. The van der Waals surface area contributed by atoms with Crippen LogP contribution in [-0.2, 0) is 10.0 Å². The van der Waals surface area contributed by atoms with Crippen LogP contribution >= 0.6 is 0 Å². The van der Waals surface area contributed by atoms with E-state index in [0.29, 0.717) is 6.54 Å². The van der Waals surface area contributed by atoms with Crippen LogP contribution in [-0.4, -0.2) is 44.0 Å². The normalized spacial score (nSPS) is 18.1. The fourth-order valence-electron chi connectivity index (χ4n) is 2.59. The van der Waals surface area contributed by atoms with Crippen molar-refractivity contribution in [3.8, 4) is 6.07 Å². The molecule has 1 fully saturated rings. The van der Waals surface area contributed by atoms with Crippen molar-refractivity contribution < 1.29 is 8.42 Å². The first-order valence-electron chi connectivity index (χ1n) is 7.13. The van der Waals surface area contributed by atoms with Crippen LogP contribution in [0.3, 0.4) is 0 Å². The molecule has 1 unspecified atom stereocenters. The molecule has 2 heterocycles. The third-order valence-electron chi connectivity index (χ3n) is 3.50. The summed E-state index contributed by atoms with van der Waals surface area (Å²) >= 11 is 0. The van der Waals surface area contributed by atoms with Gasteiger partial charge in [-0.1, -0.05) is 6.42 Å². The van der Waals surface area contributed by atoms with Crippen LogP contribution in [0.4, 0.5) is 0 Å². The van der Waals surface area contributed by atoms with Crippen LogP contribution in [0.25, 0.3) is 0 Å². The Morgan fingerprint density at radius 2 is 2.14 bits per heavy atom. The predicted molar refractivity (Wildman–Crippen MR) is 79.0 cm³/mol. The molecule has 7 heteroatoms. The highest BCUT2D eigenvalue weighted by Crippen LogP contribution is 2.13. The SMILES string of the molecule is CC(CN1CCCCC1)NS(=O)(=O)c1cccnc1C#N. The summed E-state index contributed by atoms with van der Waals surface area (Å²) in [6, 6.07) is 4.53. The van der Waals surface area contributed by atoms with Crippen molar-refractivity contribution in [1.29, 1.82) is 5.26 Å². The van der Waals surface area contributed by atoms with Gasteiger partial charge in [-0.15, -0.1) is 0 Å². The molecule has 6 nitrogen and oxygen atoms in total. The Morgan fingerprint density at radius 1 is 1.43 bits per heavy atom. The molecule has 1 aromatic heterocycles. The average molecular weight is 308 g/mol. The lowest BCUT2D eigenvalue weighted by Gasteiger charge is -2.29. The van der Waals surface area contributed by atoms with Crippen LogP contribution < -0.4 is 4.72 Å². The molecule has 0 bridgehead atoms. The summed E-state index contributed by atoms with van der Waals surface area (Å²) in [6.07, 6.45) is 4.99. The lowest BCUT2D eigenvalue weighted by Crippen LogP contribution is -2.43. The lowest BCUT2D eigenvalue weighted by molar-refractivity contribution is 0.215. The van der Waals surface area contributed by atoms with Crippen LogP contribution in [0, 0.1) is 11.3 Å². The number of hydrogen-bond donors (Lipinski definition) is 1. The number of nitrogens with one attached hydrogen (secondary N) is 1. The van der Waals surface area contributed by atoms with Gasteiger partial charge in [0.05, 0.1) is 0 Å². The summed E-state index contributed by atoms with van der Waals surface area (Å²) in [5.41, 5.74) is -0.0739. The summed E-state index contributed by atoms with van der Waals surface area (Å²) in [7, 11) is -3.71. The molecule has 0 aliphatic carbocycles. The lowest BCUT2D eigenvalue weighted by atomic mass is 10.1. The Labute approximate surface area is 125 Å². The number of nitriles is 1. The van der Waals surface area contributed by atoms with E-state index in [1.807, 2.05) is 13.0 Å². The Morgan fingerprint density at radius 3 is 2.81 bits per heavy atom. The minimum atomic E-state index is -3.71. The summed E-state index contributed by atoms with van der Waals surface area (Å²) in [4.78, 5) is 6.01. The van der Waals surface area contributed by atoms with E-state index in [1.54, 1.807) is 0 Å². The zero-order chi connectivity index (χ0) is 15.3. The summed E-state index contributed by atoms with van der Waals surface area (Å²) < 4.78 is 27.3. The molecule has 1 aromatic rings. The highest BCUT2D eigenvalue weighted by atomic mass is 32.2. The molecule has 0 saturated carbocycles. The first kappa shape index (κ1) is 15.9. The number of hydrogen-bond acceptors (Lipinski definition) is 5. The number of pyridine rings is 1. The third kappa shape index (κ3) is 4.24. The molecular formula is C14H20N4O2S. The maximum atomic E-state index is 12.3. The van der Waals surface area contributed by atoms with Crippen molar-refractivity contribution in [2.45, 2.75) is 37.1 Å². The number of likely N-dealkylation sites (tertiary alicyclic amines) is 1. The van der Waals surface area contributed by atoms with E-state index in [0.717, 1.165) is 13.1 Å². The molecule has 0 radical (unpaired) electrons. The van der Waals surface area contributed by atoms with E-state index in [1.165, 1.54) is 37.6 Å². The molecule has 1 aliphatic rings. The largest absolute Gasteiger partial charge is 0.302 e. The molecule has 0 aromatic carbocycles. The second kappa shape index (κ2) is 6.98. The van der Waals surface area contributed by atoms with Gasteiger partial charge in [0.15, 0.2) is 5.69 Å². The van der Waals surface area contributed by atoms with Crippen molar-refractivity contribution >= 4 is 10.0 Å². The van der Waals surface area contributed by atoms with Crippen LogP contribution in [0.5, 0.6) is 0 Å². The van der Waals surface area contributed by atoms with Crippen molar-refractivity contribution in [3.63, 3.8) is 0 Å². The number of piperidine rings is 1. The van der Waals surface area contributed by atoms with E-state index in [9.17, 15) is 8.42 Å². The van der Waals surface area contributed by atoms with Gasteiger partial charge < -0.3 is 4.90 Å². The standard InChI is InChI=1S/C14H20N4O2S/c1-12(11-18-8-3-2-4-9-18)17-21(19,20)14-6-5-7-16-13(14)10-15/h5-7,12,17H,2-4,8-9,11H2,1H3. The van der Waals surface area contributed by atoms with Crippen LogP contribution in [0.1, 0.15) is 31.9 Å². The highest BCUT2D eigenvalue weighted by Gasteiger charge is 2.23. The van der Waals surface area contributed by atoms with Crippen molar-refractivity contribution in [2.75, 3.05) is 19.6 Å². The smallest absolute Gasteiger partial charge is 0.243 e. The topological polar surface area (TPSA) is 86.1 Å². The zero-order valence-corrected chi connectivity index (χ0v) is 12.9. The maximum Gasteiger partial charge on any atom is 0.243 e. The molecule has 21 heavy (non-hydrogen) atoms. The Bertz CT molecular complexity index is 618. The van der Waals surface area contributed by atoms with Gasteiger partial charge in [0.1, 0.15) is 11.0 Å². The number of sulfonamides is 1. The van der Waals surface area contributed by atoms with Gasteiger partial charge in [0.25, 0.3) is 0 Å². The number of aromatic nitrogens is 1. The van der Waals surface area contributed by atoms with Crippen LogP contribution in [0.2, 0.25) is 0 Å². The van der Waals surface area contributed by atoms with E-state index in [2.05, 4.69) is 14.6 Å². The van der Waals surface area contributed by atoms with Gasteiger partial charge in [-0.05, 0) is 45.0 Å². The Hall–Kier alpha value is -1.49. The van der Waals surface area contributed by atoms with Crippen molar-refractivity contribution in [1.82, 2.24) is 14.6 Å². The predicted octanol–water partition coefficient (Wildman–Crippen LogP) is 1.11. The Kier molecular flexibility index (Phi) is 5.28. The maximum absolute atomic E-state index is 12.3. The first-order valence-corrected chi connectivity index (χ1v) is 8.61. The quantitative estimate of drug-likeness (QED) is 0.880. The second-order valence-corrected chi connectivity index (χ2v) is 7.03. The van der Waals surface area contributed by atoms with Gasteiger partial charge in [0, 0.05) is 18.8 Å². The van der Waals surface area contributed by atoms with Crippen LogP contribution in [0.15, 0.2) is 23.2 Å². The minimum Gasteiger partial charge on any atom is -0.302 e. The third-order valence-corrected chi connectivity index (χ3v) is 5.12. The molecule has 1 atom stereocenters. The van der Waals surface area contributed by atoms with Crippen molar-refractivity contribution in [3.05, 3.63) is 24.0 Å². The number of nitrogens with zero attached hydrogens (tertiary/aromatic N) is 3. The Balaban J connectivity index is 2.04. The first-order chi connectivity index (χ1) is 10.0. The van der Waals surface area contributed by atoms with Crippen molar-refractivity contribution in [2.24, 2.45) is 0 Å².